The molecule has 2 aromatic carbocycles. The van der Waals surface area contributed by atoms with Crippen molar-refractivity contribution in [3.63, 3.8) is 0 Å². The fraction of sp³-hybridized carbons (Fsp3) is 0.125. The number of benzene rings is 2. The zero-order valence-corrected chi connectivity index (χ0v) is 11.0. The van der Waals surface area contributed by atoms with E-state index >= 15 is 0 Å². The van der Waals surface area contributed by atoms with Crippen molar-refractivity contribution >= 4 is 22.3 Å². The van der Waals surface area contributed by atoms with E-state index in [1.165, 1.54) is 5.56 Å². The minimum atomic E-state index is 0.796. The van der Waals surface area contributed by atoms with Crippen LogP contribution in [0.4, 0.5) is 11.5 Å². The molecular formula is C16H15N3. The summed E-state index contributed by atoms with van der Waals surface area (Å²) in [6, 6.07) is 16.4. The average Bonchev–Trinajstić information content (AvgIpc) is 2.45. The van der Waals surface area contributed by atoms with Gasteiger partial charge in [-0.2, -0.15) is 5.10 Å². The van der Waals surface area contributed by atoms with E-state index in [1.54, 1.807) is 0 Å². The highest BCUT2D eigenvalue weighted by Gasteiger charge is 2.06. The first kappa shape index (κ1) is 11.7. The first-order valence-electron chi connectivity index (χ1n) is 6.30. The summed E-state index contributed by atoms with van der Waals surface area (Å²) in [5, 5.41) is 14.0. The third-order valence-electron chi connectivity index (χ3n) is 3.19. The first-order valence-corrected chi connectivity index (χ1v) is 6.30. The molecule has 3 rings (SSSR count). The number of hydrogen-bond acceptors (Lipinski definition) is 3. The normalized spacial score (nSPS) is 10.6. The van der Waals surface area contributed by atoms with E-state index in [4.69, 9.17) is 0 Å². The Labute approximate surface area is 112 Å². The Morgan fingerprint density at radius 3 is 2.21 bits per heavy atom. The second-order valence-electron chi connectivity index (χ2n) is 4.67. The quantitative estimate of drug-likeness (QED) is 0.746. The van der Waals surface area contributed by atoms with Gasteiger partial charge in [-0.15, -0.1) is 5.10 Å². The predicted molar refractivity (Wildman–Crippen MR) is 78.7 cm³/mol. The lowest BCUT2D eigenvalue weighted by atomic mass is 10.1. The van der Waals surface area contributed by atoms with Crippen molar-refractivity contribution in [3.05, 3.63) is 59.8 Å². The number of rotatable bonds is 2. The topological polar surface area (TPSA) is 37.8 Å². The van der Waals surface area contributed by atoms with Crippen molar-refractivity contribution in [2.24, 2.45) is 0 Å². The Hall–Kier alpha value is -2.42. The molecule has 0 saturated carbocycles. The molecule has 0 aliphatic rings. The lowest BCUT2D eigenvalue weighted by molar-refractivity contribution is 1.01. The van der Waals surface area contributed by atoms with Crippen LogP contribution in [0.25, 0.3) is 10.8 Å². The van der Waals surface area contributed by atoms with Crippen molar-refractivity contribution in [3.8, 4) is 0 Å². The maximum atomic E-state index is 4.26. The number of anilines is 2. The first-order chi connectivity index (χ1) is 9.24. The van der Waals surface area contributed by atoms with Gasteiger partial charge in [-0.25, -0.2) is 0 Å². The largest absolute Gasteiger partial charge is 0.338 e. The smallest absolute Gasteiger partial charge is 0.160 e. The molecule has 3 nitrogen and oxygen atoms in total. The molecule has 0 spiro atoms. The van der Waals surface area contributed by atoms with Gasteiger partial charge in [-0.1, -0.05) is 42.0 Å². The van der Waals surface area contributed by atoms with Crippen LogP contribution in [0.2, 0.25) is 0 Å². The molecule has 0 amide bonds. The molecule has 0 fully saturated rings. The Morgan fingerprint density at radius 2 is 1.47 bits per heavy atom. The Bertz CT molecular complexity index is 718. The molecule has 1 N–H and O–H groups in total. The molecule has 0 bridgehead atoms. The molecule has 1 aromatic heterocycles. The summed E-state index contributed by atoms with van der Waals surface area (Å²) in [6.07, 6.45) is 0. The molecule has 0 radical (unpaired) electrons. The maximum absolute atomic E-state index is 4.26. The third kappa shape index (κ3) is 2.27. The number of nitrogens with one attached hydrogen (secondary N) is 1. The maximum Gasteiger partial charge on any atom is 0.160 e. The van der Waals surface area contributed by atoms with Gasteiger partial charge < -0.3 is 5.32 Å². The van der Waals surface area contributed by atoms with Gasteiger partial charge in [0.2, 0.25) is 0 Å². The van der Waals surface area contributed by atoms with E-state index in [1.807, 2.05) is 31.2 Å². The van der Waals surface area contributed by atoms with Gasteiger partial charge in [0.15, 0.2) is 5.82 Å². The zero-order valence-electron chi connectivity index (χ0n) is 11.0. The van der Waals surface area contributed by atoms with E-state index < -0.39 is 0 Å². The van der Waals surface area contributed by atoms with Gasteiger partial charge in [0.05, 0.1) is 5.69 Å². The van der Waals surface area contributed by atoms with Crippen molar-refractivity contribution in [1.29, 1.82) is 0 Å². The van der Waals surface area contributed by atoms with Gasteiger partial charge >= 0.3 is 0 Å². The van der Waals surface area contributed by atoms with Crippen LogP contribution in [0.1, 0.15) is 11.3 Å². The van der Waals surface area contributed by atoms with Crippen LogP contribution in [-0.4, -0.2) is 10.2 Å². The summed E-state index contributed by atoms with van der Waals surface area (Å²) in [5.41, 5.74) is 3.21. The highest BCUT2D eigenvalue weighted by atomic mass is 15.2. The van der Waals surface area contributed by atoms with Crippen LogP contribution in [0.5, 0.6) is 0 Å². The summed E-state index contributed by atoms with van der Waals surface area (Å²) in [7, 11) is 0. The van der Waals surface area contributed by atoms with Gasteiger partial charge in [0, 0.05) is 16.5 Å². The van der Waals surface area contributed by atoms with Gasteiger partial charge in [-0.05, 0) is 26.0 Å². The van der Waals surface area contributed by atoms with Crippen LogP contribution < -0.4 is 5.32 Å². The van der Waals surface area contributed by atoms with E-state index in [0.717, 1.165) is 28.0 Å². The number of hydrogen-bond donors (Lipinski definition) is 1. The molecule has 0 aliphatic heterocycles. The van der Waals surface area contributed by atoms with Crippen molar-refractivity contribution < 1.29 is 0 Å². The minimum Gasteiger partial charge on any atom is -0.338 e. The molecule has 1 heterocycles. The Balaban J connectivity index is 2.06. The van der Waals surface area contributed by atoms with E-state index in [9.17, 15) is 0 Å². The van der Waals surface area contributed by atoms with Crippen molar-refractivity contribution in [2.45, 2.75) is 13.8 Å². The molecule has 94 valence electrons. The number of nitrogens with zero attached hydrogens (tertiary/aromatic N) is 2. The van der Waals surface area contributed by atoms with Crippen LogP contribution in [0.15, 0.2) is 48.5 Å². The van der Waals surface area contributed by atoms with Gasteiger partial charge in [0.1, 0.15) is 0 Å². The average molecular weight is 249 g/mol. The monoisotopic (exact) mass is 249 g/mol. The predicted octanol–water partition coefficient (Wildman–Crippen LogP) is 3.99. The highest BCUT2D eigenvalue weighted by Crippen LogP contribution is 2.25. The van der Waals surface area contributed by atoms with Crippen molar-refractivity contribution in [1.82, 2.24) is 10.2 Å². The molecule has 0 aliphatic carbocycles. The lowest BCUT2D eigenvalue weighted by Crippen LogP contribution is -1.98. The molecule has 0 saturated heterocycles. The summed E-state index contributed by atoms with van der Waals surface area (Å²) in [6.45, 7) is 4.05. The van der Waals surface area contributed by atoms with E-state index in [-0.39, 0.29) is 0 Å². The molecule has 0 atom stereocenters. The molecule has 3 aromatic rings. The van der Waals surface area contributed by atoms with Crippen LogP contribution >= 0.6 is 0 Å². The van der Waals surface area contributed by atoms with Gasteiger partial charge in [0.25, 0.3) is 0 Å². The minimum absolute atomic E-state index is 0.796. The fourth-order valence-electron chi connectivity index (χ4n) is 2.10. The SMILES string of the molecule is Cc1ccc(Nc2nnc(C)c3ccccc23)cc1. The van der Waals surface area contributed by atoms with E-state index in [2.05, 4.69) is 46.7 Å². The van der Waals surface area contributed by atoms with Gasteiger partial charge in [-0.3, -0.25) is 0 Å². The molecule has 19 heavy (non-hydrogen) atoms. The van der Waals surface area contributed by atoms with Crippen LogP contribution in [0.3, 0.4) is 0 Å². The standard InChI is InChI=1S/C16H15N3/c1-11-7-9-13(10-8-11)17-16-15-6-4-3-5-14(15)12(2)18-19-16/h3-10H,1-2H3,(H,17,19). The molecule has 3 heteroatoms. The second kappa shape index (κ2) is 4.69. The lowest BCUT2D eigenvalue weighted by Gasteiger charge is -2.09. The highest BCUT2D eigenvalue weighted by molar-refractivity contribution is 5.94. The summed E-state index contributed by atoms with van der Waals surface area (Å²) in [5.74, 6) is 0.796. The Morgan fingerprint density at radius 1 is 0.789 bits per heavy atom. The fourth-order valence-corrected chi connectivity index (χ4v) is 2.10. The second-order valence-corrected chi connectivity index (χ2v) is 4.67. The van der Waals surface area contributed by atoms with Crippen LogP contribution in [0, 0.1) is 13.8 Å². The number of aryl methyl sites for hydroxylation is 2. The third-order valence-corrected chi connectivity index (χ3v) is 3.19. The molecule has 0 unspecified atom stereocenters. The molecular weight excluding hydrogens is 234 g/mol. The van der Waals surface area contributed by atoms with Crippen molar-refractivity contribution in [2.75, 3.05) is 5.32 Å². The zero-order chi connectivity index (χ0) is 13.2. The van der Waals surface area contributed by atoms with Crippen LogP contribution in [-0.2, 0) is 0 Å². The summed E-state index contributed by atoms with van der Waals surface area (Å²) >= 11 is 0. The van der Waals surface area contributed by atoms with E-state index in [0.29, 0.717) is 0 Å². The summed E-state index contributed by atoms with van der Waals surface area (Å²) in [4.78, 5) is 0. The Kier molecular flexibility index (Phi) is 2.88. The summed E-state index contributed by atoms with van der Waals surface area (Å²) < 4.78 is 0. The number of aromatic nitrogens is 2. The number of fused-ring (bicyclic) bond motifs is 1.